The molecule has 0 aliphatic carbocycles. The predicted octanol–water partition coefficient (Wildman–Crippen LogP) is 2.88. The summed E-state index contributed by atoms with van der Waals surface area (Å²) in [5.74, 6) is -0.562. The Morgan fingerprint density at radius 2 is 2.21 bits per heavy atom. The van der Waals surface area contributed by atoms with Gasteiger partial charge in [-0.25, -0.2) is 4.79 Å². The van der Waals surface area contributed by atoms with Gasteiger partial charge in [-0.1, -0.05) is 0 Å². The fourth-order valence-corrected chi connectivity index (χ4v) is 1.53. The first-order valence-electron chi connectivity index (χ1n) is 6.17. The van der Waals surface area contributed by atoms with Crippen LogP contribution in [0.15, 0.2) is 18.5 Å². The molecule has 0 unspecified atom stereocenters. The van der Waals surface area contributed by atoms with Crippen molar-refractivity contribution in [1.29, 1.82) is 5.26 Å². The van der Waals surface area contributed by atoms with Crippen molar-refractivity contribution in [2.45, 2.75) is 33.1 Å². The second kappa shape index (κ2) is 6.74. The summed E-state index contributed by atoms with van der Waals surface area (Å²) in [5, 5.41) is 17.7. The van der Waals surface area contributed by atoms with E-state index in [1.165, 1.54) is 18.5 Å². The quantitative estimate of drug-likeness (QED) is 0.764. The van der Waals surface area contributed by atoms with Crippen molar-refractivity contribution < 1.29 is 14.6 Å². The molecule has 0 amide bonds. The van der Waals surface area contributed by atoms with Gasteiger partial charge in [-0.15, -0.1) is 0 Å². The number of nitriles is 1. The van der Waals surface area contributed by atoms with E-state index in [1.807, 2.05) is 13.8 Å². The summed E-state index contributed by atoms with van der Waals surface area (Å²) < 4.78 is 5.44. The summed E-state index contributed by atoms with van der Waals surface area (Å²) in [6, 6.07) is 3.71. The highest BCUT2D eigenvalue weighted by atomic mass is 16.5. The summed E-state index contributed by atoms with van der Waals surface area (Å²) in [6.45, 7) is 4.31. The van der Waals surface area contributed by atoms with Crippen molar-refractivity contribution in [2.24, 2.45) is 5.41 Å². The number of carbonyl (C=O) groups is 1. The van der Waals surface area contributed by atoms with Crippen molar-refractivity contribution in [3.63, 3.8) is 0 Å². The first-order valence-corrected chi connectivity index (χ1v) is 6.17. The molecule has 0 saturated heterocycles. The standard InChI is InChI=1S/C14H18N2O3/c1-14(2,10-15)5-3-4-6-19-12-7-11(13(17)18)8-16-9-12/h7-9H,3-6H2,1-2H3,(H,17,18). The largest absolute Gasteiger partial charge is 0.492 e. The first kappa shape index (κ1) is 15.0. The van der Waals surface area contributed by atoms with Crippen molar-refractivity contribution in [1.82, 2.24) is 4.98 Å². The van der Waals surface area contributed by atoms with Gasteiger partial charge in [0.25, 0.3) is 0 Å². The van der Waals surface area contributed by atoms with Crippen LogP contribution < -0.4 is 4.74 Å². The molecule has 5 heteroatoms. The van der Waals surface area contributed by atoms with Gasteiger partial charge in [0.1, 0.15) is 5.75 Å². The van der Waals surface area contributed by atoms with E-state index in [2.05, 4.69) is 11.1 Å². The molecule has 0 saturated carbocycles. The van der Waals surface area contributed by atoms with E-state index in [0.29, 0.717) is 12.4 Å². The molecule has 1 aromatic heterocycles. The average molecular weight is 262 g/mol. The number of ether oxygens (including phenoxy) is 1. The summed E-state index contributed by atoms with van der Waals surface area (Å²) >= 11 is 0. The van der Waals surface area contributed by atoms with Crippen LogP contribution >= 0.6 is 0 Å². The van der Waals surface area contributed by atoms with Crippen LogP contribution in [-0.4, -0.2) is 22.7 Å². The molecular weight excluding hydrogens is 244 g/mol. The topological polar surface area (TPSA) is 83.2 Å². The van der Waals surface area contributed by atoms with E-state index in [4.69, 9.17) is 15.1 Å². The number of pyridine rings is 1. The molecule has 1 rings (SSSR count). The SMILES string of the molecule is CC(C)(C#N)CCCCOc1cncc(C(=O)O)c1. The number of hydrogen-bond donors (Lipinski definition) is 1. The Bertz CT molecular complexity index is 478. The van der Waals surface area contributed by atoms with Crippen LogP contribution in [0, 0.1) is 16.7 Å². The number of aromatic nitrogens is 1. The van der Waals surface area contributed by atoms with Crippen molar-refractivity contribution >= 4 is 5.97 Å². The third kappa shape index (κ3) is 5.38. The summed E-state index contributed by atoms with van der Waals surface area (Å²) in [6.07, 6.45) is 5.31. The smallest absolute Gasteiger partial charge is 0.337 e. The third-order valence-electron chi connectivity index (χ3n) is 2.73. The second-order valence-electron chi connectivity index (χ2n) is 5.02. The molecule has 1 aromatic rings. The van der Waals surface area contributed by atoms with Crippen LogP contribution in [0.2, 0.25) is 0 Å². The zero-order valence-corrected chi connectivity index (χ0v) is 11.2. The van der Waals surface area contributed by atoms with Gasteiger partial charge in [0, 0.05) is 6.20 Å². The molecule has 0 fully saturated rings. The summed E-state index contributed by atoms with van der Waals surface area (Å²) in [7, 11) is 0. The number of unbranched alkanes of at least 4 members (excludes halogenated alkanes) is 1. The molecule has 0 radical (unpaired) electrons. The van der Waals surface area contributed by atoms with Crippen molar-refractivity contribution in [3.05, 3.63) is 24.0 Å². The van der Waals surface area contributed by atoms with Gasteiger partial charge in [0.2, 0.25) is 0 Å². The molecule has 0 aliphatic rings. The lowest BCUT2D eigenvalue weighted by Gasteiger charge is -2.14. The van der Waals surface area contributed by atoms with Crippen LogP contribution in [0.5, 0.6) is 5.75 Å². The van der Waals surface area contributed by atoms with Gasteiger partial charge in [0.15, 0.2) is 0 Å². The van der Waals surface area contributed by atoms with Crippen LogP contribution in [0.4, 0.5) is 0 Å². The number of hydrogen-bond acceptors (Lipinski definition) is 4. The maximum atomic E-state index is 10.7. The Morgan fingerprint density at radius 1 is 1.47 bits per heavy atom. The fraction of sp³-hybridized carbons (Fsp3) is 0.500. The van der Waals surface area contributed by atoms with Crippen LogP contribution in [0.1, 0.15) is 43.5 Å². The lowest BCUT2D eigenvalue weighted by molar-refractivity contribution is 0.0696. The van der Waals surface area contributed by atoms with E-state index in [-0.39, 0.29) is 11.0 Å². The Kier molecular flexibility index (Phi) is 5.31. The Hall–Kier alpha value is -2.09. The monoisotopic (exact) mass is 262 g/mol. The van der Waals surface area contributed by atoms with Gasteiger partial charge in [0.05, 0.1) is 29.9 Å². The molecule has 102 valence electrons. The highest BCUT2D eigenvalue weighted by Crippen LogP contribution is 2.21. The van der Waals surface area contributed by atoms with Crippen molar-refractivity contribution in [2.75, 3.05) is 6.61 Å². The maximum Gasteiger partial charge on any atom is 0.337 e. The second-order valence-corrected chi connectivity index (χ2v) is 5.02. The molecule has 19 heavy (non-hydrogen) atoms. The molecule has 0 bridgehead atoms. The number of nitrogens with zero attached hydrogens (tertiary/aromatic N) is 2. The zero-order chi connectivity index (χ0) is 14.3. The van der Waals surface area contributed by atoms with Crippen LogP contribution in [0.3, 0.4) is 0 Å². The number of rotatable bonds is 7. The molecule has 0 aromatic carbocycles. The maximum absolute atomic E-state index is 10.7. The average Bonchev–Trinajstić information content (AvgIpc) is 2.38. The van der Waals surface area contributed by atoms with Gasteiger partial charge < -0.3 is 9.84 Å². The molecule has 1 heterocycles. The lowest BCUT2D eigenvalue weighted by atomic mass is 9.89. The van der Waals surface area contributed by atoms with Gasteiger partial charge in [-0.3, -0.25) is 4.98 Å². The molecular formula is C14H18N2O3. The van der Waals surface area contributed by atoms with Gasteiger partial charge in [-0.2, -0.15) is 5.26 Å². The summed E-state index contributed by atoms with van der Waals surface area (Å²) in [5.41, 5.74) is -0.187. The molecule has 0 spiro atoms. The minimum atomic E-state index is -1.02. The van der Waals surface area contributed by atoms with Gasteiger partial charge >= 0.3 is 5.97 Å². The third-order valence-corrected chi connectivity index (χ3v) is 2.73. The van der Waals surface area contributed by atoms with E-state index in [9.17, 15) is 4.79 Å². The van der Waals surface area contributed by atoms with Crippen LogP contribution in [0.25, 0.3) is 0 Å². The van der Waals surface area contributed by atoms with Crippen LogP contribution in [-0.2, 0) is 0 Å². The van der Waals surface area contributed by atoms with Crippen molar-refractivity contribution in [3.8, 4) is 11.8 Å². The first-order chi connectivity index (χ1) is 8.94. The number of carboxylic acid groups (broad SMARTS) is 1. The number of aromatic carboxylic acids is 1. The molecule has 0 aliphatic heterocycles. The highest BCUT2D eigenvalue weighted by Gasteiger charge is 2.15. The number of carboxylic acids is 1. The Balaban J connectivity index is 2.32. The normalized spacial score (nSPS) is 10.8. The minimum absolute atomic E-state index is 0.114. The Morgan fingerprint density at radius 3 is 2.84 bits per heavy atom. The minimum Gasteiger partial charge on any atom is -0.492 e. The lowest BCUT2D eigenvalue weighted by Crippen LogP contribution is -2.08. The molecule has 5 nitrogen and oxygen atoms in total. The summed E-state index contributed by atoms with van der Waals surface area (Å²) in [4.78, 5) is 14.6. The fourth-order valence-electron chi connectivity index (χ4n) is 1.53. The van der Waals surface area contributed by atoms with E-state index in [1.54, 1.807) is 0 Å². The Labute approximate surface area is 112 Å². The molecule has 0 atom stereocenters. The zero-order valence-electron chi connectivity index (χ0n) is 11.2. The van der Waals surface area contributed by atoms with E-state index < -0.39 is 5.97 Å². The predicted molar refractivity (Wildman–Crippen MR) is 69.9 cm³/mol. The van der Waals surface area contributed by atoms with E-state index in [0.717, 1.165) is 19.3 Å². The molecule has 1 N–H and O–H groups in total. The van der Waals surface area contributed by atoms with Gasteiger partial charge in [-0.05, 0) is 39.2 Å². The highest BCUT2D eigenvalue weighted by molar-refractivity contribution is 5.87. The van der Waals surface area contributed by atoms with E-state index >= 15 is 0 Å².